The van der Waals surface area contributed by atoms with Crippen molar-refractivity contribution in [1.82, 2.24) is 10.6 Å². The van der Waals surface area contributed by atoms with Gasteiger partial charge in [-0.05, 0) is 24.0 Å². The van der Waals surface area contributed by atoms with Gasteiger partial charge in [-0.25, -0.2) is 0 Å². The highest BCUT2D eigenvalue weighted by Gasteiger charge is 2.37. The lowest BCUT2D eigenvalue weighted by Gasteiger charge is -2.27. The zero-order valence-corrected chi connectivity index (χ0v) is 18.4. The number of rotatable bonds is 8. The molecule has 9 nitrogen and oxygen atoms in total. The Kier molecular flexibility index (Phi) is 7.04. The number of ether oxygens (including phenoxy) is 2. The van der Waals surface area contributed by atoms with Crippen molar-refractivity contribution < 1.29 is 29.0 Å². The van der Waals surface area contributed by atoms with E-state index in [0.29, 0.717) is 17.2 Å². The predicted molar refractivity (Wildman–Crippen MR) is 114 cm³/mol. The Hall–Kier alpha value is -2.81. The molecule has 0 bridgehead atoms. The van der Waals surface area contributed by atoms with Crippen LogP contribution in [0.15, 0.2) is 18.2 Å². The number of benzene rings is 1. The van der Waals surface area contributed by atoms with E-state index >= 15 is 0 Å². The van der Waals surface area contributed by atoms with Crippen LogP contribution < -0.4 is 25.0 Å². The monoisotopic (exact) mass is 433 g/mol. The molecule has 2 aliphatic heterocycles. The van der Waals surface area contributed by atoms with Gasteiger partial charge in [-0.1, -0.05) is 27.7 Å². The normalized spacial score (nSPS) is 19.6. The smallest absolute Gasteiger partial charge is 0.243 e. The van der Waals surface area contributed by atoms with Gasteiger partial charge in [-0.3, -0.25) is 14.4 Å². The summed E-state index contributed by atoms with van der Waals surface area (Å²) in [7, 11) is 0. The largest absolute Gasteiger partial charge is 0.454 e. The van der Waals surface area contributed by atoms with Crippen LogP contribution in [0.4, 0.5) is 5.69 Å². The number of anilines is 1. The third-order valence-corrected chi connectivity index (χ3v) is 5.74. The van der Waals surface area contributed by atoms with Crippen molar-refractivity contribution in [2.75, 3.05) is 24.8 Å². The molecule has 9 heteroatoms. The maximum atomic E-state index is 12.9. The van der Waals surface area contributed by atoms with Crippen molar-refractivity contribution in [3.05, 3.63) is 18.2 Å². The van der Waals surface area contributed by atoms with E-state index in [0.717, 1.165) is 0 Å². The Morgan fingerprint density at radius 2 is 1.84 bits per heavy atom. The molecule has 3 amide bonds. The molecule has 0 radical (unpaired) electrons. The highest BCUT2D eigenvalue weighted by Crippen LogP contribution is 2.37. The first kappa shape index (κ1) is 22.9. The van der Waals surface area contributed by atoms with Crippen LogP contribution in [0.2, 0.25) is 0 Å². The van der Waals surface area contributed by atoms with Gasteiger partial charge in [-0.2, -0.15) is 0 Å². The first-order valence-corrected chi connectivity index (χ1v) is 10.6. The molecular formula is C22H31N3O6. The summed E-state index contributed by atoms with van der Waals surface area (Å²) in [4.78, 5) is 39.7. The van der Waals surface area contributed by atoms with Gasteiger partial charge in [0.05, 0.1) is 18.6 Å². The van der Waals surface area contributed by atoms with Gasteiger partial charge in [0.15, 0.2) is 11.5 Å². The Bertz CT molecular complexity index is 841. The number of hydrogen-bond acceptors (Lipinski definition) is 6. The zero-order valence-electron chi connectivity index (χ0n) is 18.4. The minimum atomic E-state index is -0.755. The number of carbonyl (C=O) groups excluding carboxylic acids is 3. The molecule has 1 aromatic carbocycles. The van der Waals surface area contributed by atoms with E-state index in [-0.39, 0.29) is 62.0 Å². The maximum Gasteiger partial charge on any atom is 0.243 e. The lowest BCUT2D eigenvalue weighted by molar-refractivity contribution is -0.132. The molecule has 3 rings (SSSR count). The minimum Gasteiger partial charge on any atom is -0.454 e. The number of nitrogens with zero attached hydrogens (tertiary/aromatic N) is 1. The first-order valence-electron chi connectivity index (χ1n) is 10.6. The third-order valence-electron chi connectivity index (χ3n) is 5.74. The van der Waals surface area contributed by atoms with Crippen LogP contribution in [0.3, 0.4) is 0 Å². The van der Waals surface area contributed by atoms with Crippen LogP contribution in [0.25, 0.3) is 0 Å². The van der Waals surface area contributed by atoms with Crippen LogP contribution in [-0.4, -0.2) is 54.9 Å². The second-order valence-electron chi connectivity index (χ2n) is 8.71. The fourth-order valence-electron chi connectivity index (χ4n) is 3.69. The van der Waals surface area contributed by atoms with E-state index in [1.54, 1.807) is 23.1 Å². The number of aliphatic hydroxyl groups is 1. The summed E-state index contributed by atoms with van der Waals surface area (Å²) in [6.45, 7) is 7.67. The average Bonchev–Trinajstić information content (AvgIpc) is 3.35. The van der Waals surface area contributed by atoms with Crippen molar-refractivity contribution in [3.8, 4) is 11.5 Å². The van der Waals surface area contributed by atoms with E-state index in [2.05, 4.69) is 10.6 Å². The van der Waals surface area contributed by atoms with E-state index in [9.17, 15) is 19.5 Å². The van der Waals surface area contributed by atoms with Gasteiger partial charge >= 0.3 is 0 Å². The average molecular weight is 434 g/mol. The van der Waals surface area contributed by atoms with E-state index < -0.39 is 12.0 Å². The summed E-state index contributed by atoms with van der Waals surface area (Å²) >= 11 is 0. The van der Waals surface area contributed by atoms with Gasteiger partial charge in [0.1, 0.15) is 6.04 Å². The Labute approximate surface area is 182 Å². The van der Waals surface area contributed by atoms with Crippen molar-refractivity contribution >= 4 is 23.4 Å². The molecule has 170 valence electrons. The van der Waals surface area contributed by atoms with Gasteiger partial charge in [0.2, 0.25) is 24.5 Å². The number of carbonyl (C=O) groups is 3. The molecule has 0 spiro atoms. The fourth-order valence-corrected chi connectivity index (χ4v) is 3.69. The Balaban J connectivity index is 1.65. The number of hydrogen-bond donors (Lipinski definition) is 3. The second-order valence-corrected chi connectivity index (χ2v) is 8.71. The van der Waals surface area contributed by atoms with Crippen LogP contribution in [0, 0.1) is 17.8 Å². The number of amides is 3. The quantitative estimate of drug-likeness (QED) is 0.564. The molecule has 2 aliphatic rings. The van der Waals surface area contributed by atoms with Crippen molar-refractivity contribution in [2.45, 2.75) is 46.2 Å². The topological polar surface area (TPSA) is 117 Å². The van der Waals surface area contributed by atoms with Crippen molar-refractivity contribution in [2.24, 2.45) is 17.8 Å². The lowest BCUT2D eigenvalue weighted by atomic mass is 9.99. The summed E-state index contributed by atoms with van der Waals surface area (Å²) in [6, 6.07) is 4.09. The van der Waals surface area contributed by atoms with Gasteiger partial charge in [-0.15, -0.1) is 0 Å². The maximum absolute atomic E-state index is 12.9. The van der Waals surface area contributed by atoms with Crippen molar-refractivity contribution in [1.29, 1.82) is 0 Å². The first-order chi connectivity index (χ1) is 14.7. The Morgan fingerprint density at radius 1 is 1.13 bits per heavy atom. The molecule has 2 heterocycles. The molecule has 0 saturated carbocycles. The fraction of sp³-hybridized carbons (Fsp3) is 0.591. The highest BCUT2D eigenvalue weighted by atomic mass is 16.7. The molecule has 3 atom stereocenters. The van der Waals surface area contributed by atoms with Crippen LogP contribution in [-0.2, 0) is 14.4 Å². The molecule has 31 heavy (non-hydrogen) atoms. The van der Waals surface area contributed by atoms with Gasteiger partial charge in [0.25, 0.3) is 0 Å². The van der Waals surface area contributed by atoms with Gasteiger partial charge < -0.3 is 30.1 Å². The Morgan fingerprint density at radius 3 is 2.48 bits per heavy atom. The minimum absolute atomic E-state index is 0.0557. The predicted octanol–water partition coefficient (Wildman–Crippen LogP) is 1.04. The van der Waals surface area contributed by atoms with Crippen LogP contribution in [0.1, 0.15) is 34.1 Å². The number of nitrogens with one attached hydrogen (secondary N) is 2. The molecule has 1 fully saturated rings. The SMILES string of the molecule is CC(C)C(CO)NC(=O)C(NC(=O)C1CC(=O)N(c2ccc3c(c2)OCO3)C1)C(C)C. The molecule has 3 N–H and O–H groups in total. The van der Waals surface area contributed by atoms with Crippen LogP contribution >= 0.6 is 0 Å². The second kappa shape index (κ2) is 9.55. The lowest BCUT2D eigenvalue weighted by Crippen LogP contribution is -2.54. The zero-order chi connectivity index (χ0) is 22.7. The van der Waals surface area contributed by atoms with Gasteiger partial charge in [0, 0.05) is 24.7 Å². The number of fused-ring (bicyclic) bond motifs is 1. The van der Waals surface area contributed by atoms with E-state index in [1.807, 2.05) is 27.7 Å². The standard InChI is InChI=1S/C22H31N3O6/c1-12(2)16(10-26)23-22(29)20(13(3)4)24-21(28)14-7-19(27)25(9-14)15-5-6-17-18(8-15)31-11-30-17/h5-6,8,12-14,16,20,26H,7,9-11H2,1-4H3,(H,23,29)(H,24,28). The highest BCUT2D eigenvalue weighted by molar-refractivity contribution is 6.01. The van der Waals surface area contributed by atoms with Crippen molar-refractivity contribution in [3.63, 3.8) is 0 Å². The third kappa shape index (κ3) is 5.10. The molecule has 1 saturated heterocycles. The summed E-state index contributed by atoms with van der Waals surface area (Å²) < 4.78 is 10.7. The number of aliphatic hydroxyl groups excluding tert-OH is 1. The summed E-state index contributed by atoms with van der Waals surface area (Å²) in [5.74, 6) is -0.312. The van der Waals surface area contributed by atoms with Crippen LogP contribution in [0.5, 0.6) is 11.5 Å². The molecule has 0 aromatic heterocycles. The summed E-state index contributed by atoms with van der Waals surface area (Å²) in [5, 5.41) is 15.1. The molecule has 1 aromatic rings. The van der Waals surface area contributed by atoms with E-state index in [4.69, 9.17) is 9.47 Å². The summed E-state index contributed by atoms with van der Waals surface area (Å²) in [6.07, 6.45) is 0.0674. The van der Waals surface area contributed by atoms with E-state index in [1.165, 1.54) is 0 Å². The molecular weight excluding hydrogens is 402 g/mol. The summed E-state index contributed by atoms with van der Waals surface area (Å²) in [5.41, 5.74) is 0.644. The molecule has 0 aliphatic carbocycles. The molecule has 3 unspecified atom stereocenters.